The highest BCUT2D eigenvalue weighted by molar-refractivity contribution is 6.61. The first-order valence-electron chi connectivity index (χ1n) is 7.93. The van der Waals surface area contributed by atoms with Crippen LogP contribution in [-0.2, 0) is 0 Å². The van der Waals surface area contributed by atoms with Crippen LogP contribution in [0.3, 0.4) is 0 Å². The second-order valence-electron chi connectivity index (χ2n) is 7.29. The summed E-state index contributed by atoms with van der Waals surface area (Å²) in [4.78, 5) is 9.58. The van der Waals surface area contributed by atoms with Crippen LogP contribution >= 0.6 is 0 Å². The molecule has 0 amide bonds. The van der Waals surface area contributed by atoms with E-state index >= 15 is 0 Å². The van der Waals surface area contributed by atoms with Crippen molar-refractivity contribution in [3.8, 4) is 0 Å². The van der Waals surface area contributed by atoms with E-state index in [1.807, 2.05) is 0 Å². The Kier molecular flexibility index (Phi) is 7.05. The number of hydrogen-bond donors (Lipinski definition) is 0. The summed E-state index contributed by atoms with van der Waals surface area (Å²) in [5, 5.41) is 0. The molecule has 1 saturated carbocycles. The molecule has 2 unspecified atom stereocenters. The van der Waals surface area contributed by atoms with Gasteiger partial charge in [0.05, 0.1) is 0 Å². The van der Waals surface area contributed by atoms with Gasteiger partial charge in [-0.15, -0.1) is 0 Å². The first-order chi connectivity index (χ1) is 9.27. The van der Waals surface area contributed by atoms with Crippen LogP contribution in [0.1, 0.15) is 25.7 Å². The van der Waals surface area contributed by atoms with Crippen molar-refractivity contribution in [3.05, 3.63) is 0 Å². The molecule has 1 aliphatic carbocycles. The van der Waals surface area contributed by atoms with E-state index < -0.39 is 0 Å². The Labute approximate surface area is 127 Å². The lowest BCUT2D eigenvalue weighted by Crippen LogP contribution is -2.57. The molecule has 2 atom stereocenters. The predicted octanol–water partition coefficient (Wildman–Crippen LogP) is 1.52. The van der Waals surface area contributed by atoms with Gasteiger partial charge in [-0.05, 0) is 68.0 Å². The molecule has 1 aliphatic rings. The van der Waals surface area contributed by atoms with Crippen molar-refractivity contribution in [2.24, 2.45) is 0 Å². The number of nitrogens with zero attached hydrogens (tertiary/aromatic N) is 4. The van der Waals surface area contributed by atoms with E-state index in [4.69, 9.17) is 0 Å². The van der Waals surface area contributed by atoms with Gasteiger partial charge in [-0.1, -0.05) is 25.7 Å². The Morgan fingerprint density at radius 2 is 0.800 bits per heavy atom. The molecule has 0 radical (unpaired) electrons. The van der Waals surface area contributed by atoms with Crippen molar-refractivity contribution in [1.82, 2.24) is 19.2 Å². The van der Waals surface area contributed by atoms with Gasteiger partial charge in [0.25, 0.3) is 0 Å². The van der Waals surface area contributed by atoms with Crippen LogP contribution in [0.5, 0.6) is 0 Å². The molecule has 0 aliphatic heterocycles. The average molecular weight is 280 g/mol. The summed E-state index contributed by atoms with van der Waals surface area (Å²) < 4.78 is 0. The van der Waals surface area contributed by atoms with Gasteiger partial charge in [-0.3, -0.25) is 0 Å². The molecule has 0 aromatic carbocycles. The first-order valence-corrected chi connectivity index (χ1v) is 7.93. The van der Waals surface area contributed by atoms with E-state index in [9.17, 15) is 0 Å². The fraction of sp³-hybridized carbons (Fsp3) is 1.00. The Morgan fingerprint density at radius 3 is 1.00 bits per heavy atom. The van der Waals surface area contributed by atoms with Crippen LogP contribution in [0, 0.1) is 0 Å². The summed E-state index contributed by atoms with van der Waals surface area (Å²) in [5.41, 5.74) is 0. The van der Waals surface area contributed by atoms with E-state index in [1.165, 1.54) is 25.7 Å². The van der Waals surface area contributed by atoms with Crippen molar-refractivity contribution >= 4 is 14.0 Å². The van der Waals surface area contributed by atoms with Crippen LogP contribution in [-0.4, -0.2) is 89.6 Å². The monoisotopic (exact) mass is 280 g/mol. The molecule has 0 N–H and O–H groups in total. The zero-order valence-corrected chi connectivity index (χ0v) is 14.9. The summed E-state index contributed by atoms with van der Waals surface area (Å²) in [5.74, 6) is 1.48. The van der Waals surface area contributed by atoms with Crippen molar-refractivity contribution < 1.29 is 0 Å². The quantitative estimate of drug-likeness (QED) is 0.684. The molecule has 0 heterocycles. The summed E-state index contributed by atoms with van der Waals surface area (Å²) >= 11 is 0. The minimum atomic E-state index is 0.530. The third-order valence-electron chi connectivity index (χ3n) is 4.76. The van der Waals surface area contributed by atoms with Crippen molar-refractivity contribution in [2.75, 3.05) is 56.4 Å². The molecule has 1 fully saturated rings. The van der Waals surface area contributed by atoms with E-state index in [1.54, 1.807) is 0 Å². The summed E-state index contributed by atoms with van der Waals surface area (Å²) in [7, 11) is 17.8. The number of hydrogen-bond acceptors (Lipinski definition) is 4. The Bertz CT molecular complexity index is 240. The molecule has 4 nitrogen and oxygen atoms in total. The first kappa shape index (κ1) is 18.0. The minimum absolute atomic E-state index is 0.530. The largest absolute Gasteiger partial charge is 0.334 e. The van der Waals surface area contributed by atoms with Gasteiger partial charge < -0.3 is 19.2 Å². The highest BCUT2D eigenvalue weighted by atomic mass is 15.2. The Hall–Kier alpha value is -0.0301. The maximum atomic E-state index is 2.39. The van der Waals surface area contributed by atoms with Crippen molar-refractivity contribution in [1.29, 1.82) is 0 Å². The Morgan fingerprint density at radius 1 is 0.550 bits per heavy atom. The summed E-state index contributed by atoms with van der Waals surface area (Å²) in [6, 6.07) is 0. The predicted molar refractivity (Wildman–Crippen MR) is 92.2 cm³/mol. The summed E-state index contributed by atoms with van der Waals surface area (Å²) in [6.45, 7) is 1.06. The smallest absolute Gasteiger partial charge is 0.312 e. The van der Waals surface area contributed by atoms with Gasteiger partial charge in [-0.25, -0.2) is 0 Å². The molecule has 20 heavy (non-hydrogen) atoms. The average Bonchev–Trinajstić information content (AvgIpc) is 2.29. The van der Waals surface area contributed by atoms with Gasteiger partial charge in [-0.2, -0.15) is 0 Å². The maximum absolute atomic E-state index is 2.39. The van der Waals surface area contributed by atoms with Gasteiger partial charge in [0, 0.05) is 0 Å². The normalized spacial score (nSPS) is 24.0. The van der Waals surface area contributed by atoms with Gasteiger partial charge in [0.1, 0.15) is 0 Å². The Balaban J connectivity index is 3.00. The van der Waals surface area contributed by atoms with E-state index in [0.717, 1.165) is 11.6 Å². The third kappa shape index (κ3) is 4.23. The molecule has 0 spiro atoms. The fourth-order valence-corrected chi connectivity index (χ4v) is 4.38. The molecule has 1 rings (SSSR count). The zero-order chi connectivity index (χ0) is 15.4. The van der Waals surface area contributed by atoms with Gasteiger partial charge in [0.15, 0.2) is 0 Å². The highest BCUT2D eigenvalue weighted by Crippen LogP contribution is 2.44. The summed E-state index contributed by atoms with van der Waals surface area (Å²) in [6.07, 6.45) is 5.47. The lowest BCUT2D eigenvalue weighted by atomic mass is 9.40. The van der Waals surface area contributed by atoms with Crippen LogP contribution in [0.25, 0.3) is 0 Å². The molecular weight excluding hydrogens is 246 g/mol. The van der Waals surface area contributed by atoms with E-state index in [2.05, 4.69) is 75.6 Å². The number of rotatable bonds is 6. The molecular formula is C14H34B2N4. The third-order valence-corrected chi connectivity index (χ3v) is 4.76. The van der Waals surface area contributed by atoms with Gasteiger partial charge >= 0.3 is 14.0 Å². The van der Waals surface area contributed by atoms with Crippen LogP contribution < -0.4 is 0 Å². The second kappa shape index (κ2) is 7.83. The molecule has 0 aromatic heterocycles. The molecule has 0 saturated heterocycles. The van der Waals surface area contributed by atoms with Crippen LogP contribution in [0.2, 0.25) is 11.6 Å². The van der Waals surface area contributed by atoms with Crippen molar-refractivity contribution in [3.63, 3.8) is 0 Å². The van der Waals surface area contributed by atoms with Crippen LogP contribution in [0.15, 0.2) is 0 Å². The highest BCUT2D eigenvalue weighted by Gasteiger charge is 2.44. The van der Waals surface area contributed by atoms with Crippen molar-refractivity contribution in [2.45, 2.75) is 37.3 Å². The standard InChI is InChI=1S/C14H34B2N4/c1-17(2)15(18(3)4)13-11-9-10-12-14(13)16(19(5)6)20(7)8/h13-14H,9-12H2,1-8H3. The molecule has 6 heteroatoms. The minimum Gasteiger partial charge on any atom is -0.334 e. The maximum Gasteiger partial charge on any atom is 0.312 e. The fourth-order valence-electron chi connectivity index (χ4n) is 4.38. The molecule has 0 bridgehead atoms. The molecule has 0 aromatic rings. The topological polar surface area (TPSA) is 13.0 Å². The SMILES string of the molecule is CN(C)B(C1CCCCC1B(N(C)C)N(C)C)N(C)C. The van der Waals surface area contributed by atoms with Gasteiger partial charge in [0.2, 0.25) is 0 Å². The van der Waals surface area contributed by atoms with Crippen LogP contribution in [0.4, 0.5) is 0 Å². The zero-order valence-electron chi connectivity index (χ0n) is 14.9. The van der Waals surface area contributed by atoms with E-state index in [0.29, 0.717) is 14.0 Å². The van der Waals surface area contributed by atoms with E-state index in [-0.39, 0.29) is 0 Å². The lowest BCUT2D eigenvalue weighted by molar-refractivity contribution is 0.389. The molecule has 116 valence electrons. The lowest BCUT2D eigenvalue weighted by Gasteiger charge is -2.45. The second-order valence-corrected chi connectivity index (χ2v) is 7.29.